The minimum atomic E-state index is -3.44. The van der Waals surface area contributed by atoms with Crippen LogP contribution in [0.5, 0.6) is 0 Å². The maximum atomic E-state index is 12.6. The van der Waals surface area contributed by atoms with Crippen LogP contribution in [-0.2, 0) is 14.8 Å². The fraction of sp³-hybridized carbons (Fsp3) is 0.529. The van der Waals surface area contributed by atoms with Crippen LogP contribution in [0.15, 0.2) is 29.2 Å². The molecule has 1 aliphatic heterocycles. The summed E-state index contributed by atoms with van der Waals surface area (Å²) < 4.78 is 26.7. The number of hydrogen-bond donors (Lipinski definition) is 2. The number of nitrogens with one attached hydrogen (secondary N) is 2. The second kappa shape index (κ2) is 8.73. The number of sulfonamides is 1. The molecule has 1 amide bonds. The zero-order chi connectivity index (χ0) is 18.4. The largest absolute Gasteiger partial charge is 0.332 e. The molecule has 1 heterocycles. The number of anilines is 1. The summed E-state index contributed by atoms with van der Waals surface area (Å²) in [6.07, 6.45) is 3.29. The van der Waals surface area contributed by atoms with Gasteiger partial charge in [0.05, 0.1) is 4.90 Å². The van der Waals surface area contributed by atoms with Crippen LogP contribution in [0.3, 0.4) is 0 Å². The number of rotatable bonds is 5. The quantitative estimate of drug-likeness (QED) is 0.765. The topological polar surface area (TPSA) is 78.5 Å². The summed E-state index contributed by atoms with van der Waals surface area (Å²) in [6, 6.07) is 6.42. The van der Waals surface area contributed by atoms with E-state index in [1.807, 2.05) is 13.8 Å². The highest BCUT2D eigenvalue weighted by molar-refractivity contribution is 7.89. The molecular weight excluding hydrogens is 358 g/mol. The Morgan fingerprint density at radius 3 is 2.32 bits per heavy atom. The van der Waals surface area contributed by atoms with Crippen molar-refractivity contribution in [3.8, 4) is 0 Å². The lowest BCUT2D eigenvalue weighted by Crippen LogP contribution is -2.35. The molecule has 2 rings (SSSR count). The van der Waals surface area contributed by atoms with Gasteiger partial charge in [0.25, 0.3) is 0 Å². The van der Waals surface area contributed by atoms with Gasteiger partial charge in [-0.2, -0.15) is 4.31 Å². The highest BCUT2D eigenvalue weighted by Crippen LogP contribution is 2.21. The molecule has 1 fully saturated rings. The number of thiocarbonyl (C=S) groups is 1. The fourth-order valence-electron chi connectivity index (χ4n) is 2.68. The first-order valence-electron chi connectivity index (χ1n) is 8.50. The Bertz CT molecular complexity index is 709. The van der Waals surface area contributed by atoms with E-state index in [1.165, 1.54) is 4.31 Å². The van der Waals surface area contributed by atoms with E-state index < -0.39 is 10.0 Å². The van der Waals surface area contributed by atoms with E-state index in [2.05, 4.69) is 10.6 Å². The van der Waals surface area contributed by atoms with Gasteiger partial charge in [-0.1, -0.05) is 20.3 Å². The molecule has 0 radical (unpaired) electrons. The average molecular weight is 384 g/mol. The monoisotopic (exact) mass is 383 g/mol. The van der Waals surface area contributed by atoms with Gasteiger partial charge in [-0.3, -0.25) is 4.79 Å². The molecule has 1 aromatic rings. The molecule has 6 nitrogen and oxygen atoms in total. The van der Waals surface area contributed by atoms with Gasteiger partial charge in [0.1, 0.15) is 0 Å². The van der Waals surface area contributed by atoms with Crippen molar-refractivity contribution < 1.29 is 13.2 Å². The van der Waals surface area contributed by atoms with Crippen LogP contribution in [0.2, 0.25) is 0 Å². The van der Waals surface area contributed by atoms with Crippen molar-refractivity contribution in [2.75, 3.05) is 18.4 Å². The van der Waals surface area contributed by atoms with Crippen molar-refractivity contribution in [2.24, 2.45) is 5.92 Å². The Morgan fingerprint density at radius 1 is 1.16 bits per heavy atom. The normalized spacial score (nSPS) is 15.8. The van der Waals surface area contributed by atoms with Gasteiger partial charge in [-0.25, -0.2) is 8.42 Å². The summed E-state index contributed by atoms with van der Waals surface area (Å²) >= 11 is 5.10. The van der Waals surface area contributed by atoms with Gasteiger partial charge >= 0.3 is 0 Å². The summed E-state index contributed by atoms with van der Waals surface area (Å²) in [5.74, 6) is 0.110. The van der Waals surface area contributed by atoms with Crippen LogP contribution in [0.4, 0.5) is 5.69 Å². The van der Waals surface area contributed by atoms with Crippen LogP contribution in [-0.4, -0.2) is 36.8 Å². The number of benzene rings is 1. The van der Waals surface area contributed by atoms with Gasteiger partial charge in [-0.05, 0) is 55.2 Å². The van der Waals surface area contributed by atoms with Crippen LogP contribution in [0, 0.1) is 5.92 Å². The summed E-state index contributed by atoms with van der Waals surface area (Å²) in [6.45, 7) is 5.07. The molecular formula is C17H25N3O3S2. The van der Waals surface area contributed by atoms with Gasteiger partial charge < -0.3 is 10.6 Å². The molecule has 8 heteroatoms. The Balaban J connectivity index is 1.97. The van der Waals surface area contributed by atoms with Crippen molar-refractivity contribution in [3.05, 3.63) is 24.3 Å². The third-order valence-electron chi connectivity index (χ3n) is 3.91. The molecule has 0 spiro atoms. The first kappa shape index (κ1) is 19.8. The smallest absolute Gasteiger partial charge is 0.243 e. The Morgan fingerprint density at radius 2 is 1.76 bits per heavy atom. The van der Waals surface area contributed by atoms with Crippen LogP contribution < -0.4 is 10.6 Å². The molecule has 1 aromatic carbocycles. The van der Waals surface area contributed by atoms with E-state index >= 15 is 0 Å². The van der Waals surface area contributed by atoms with Gasteiger partial charge in [0.15, 0.2) is 5.11 Å². The number of hydrogen-bond acceptors (Lipinski definition) is 4. The lowest BCUT2D eigenvalue weighted by molar-refractivity contribution is -0.120. The van der Waals surface area contributed by atoms with E-state index in [1.54, 1.807) is 24.3 Å². The number of nitrogens with zero attached hydrogens (tertiary/aromatic N) is 1. The highest BCUT2D eigenvalue weighted by atomic mass is 32.2. The minimum Gasteiger partial charge on any atom is -0.332 e. The summed E-state index contributed by atoms with van der Waals surface area (Å²) in [4.78, 5) is 12.0. The first-order valence-corrected chi connectivity index (χ1v) is 10.3. The third-order valence-corrected chi connectivity index (χ3v) is 6.03. The minimum absolute atomic E-state index is 0.142. The fourth-order valence-corrected chi connectivity index (χ4v) is 4.42. The SMILES string of the molecule is CC(C)CC(=O)NC(=S)Nc1ccc(S(=O)(=O)N2CCCCC2)cc1. The lowest BCUT2D eigenvalue weighted by Gasteiger charge is -2.25. The summed E-state index contributed by atoms with van der Waals surface area (Å²) in [7, 11) is -3.44. The molecule has 1 aliphatic rings. The van der Waals surface area contributed by atoms with Crippen molar-refractivity contribution >= 4 is 38.9 Å². The number of carbonyl (C=O) groups is 1. The van der Waals surface area contributed by atoms with Crippen LogP contribution >= 0.6 is 12.2 Å². The molecule has 0 atom stereocenters. The van der Waals surface area contributed by atoms with Crippen molar-refractivity contribution in [3.63, 3.8) is 0 Å². The molecule has 138 valence electrons. The lowest BCUT2D eigenvalue weighted by atomic mass is 10.1. The molecule has 2 N–H and O–H groups in total. The standard InChI is InChI=1S/C17H25N3O3S2/c1-13(2)12-16(21)19-17(24)18-14-6-8-15(9-7-14)25(22,23)20-10-4-3-5-11-20/h6-9,13H,3-5,10-12H2,1-2H3,(H2,18,19,21,24). The molecule has 0 aromatic heterocycles. The summed E-state index contributed by atoms with van der Waals surface area (Å²) in [5, 5.41) is 5.71. The Hall–Kier alpha value is -1.51. The van der Waals surface area contributed by atoms with E-state index in [0.717, 1.165) is 19.3 Å². The zero-order valence-electron chi connectivity index (χ0n) is 14.6. The van der Waals surface area contributed by atoms with E-state index in [-0.39, 0.29) is 21.8 Å². The molecule has 25 heavy (non-hydrogen) atoms. The van der Waals surface area contributed by atoms with Gasteiger partial charge in [0, 0.05) is 25.2 Å². The molecule has 0 unspecified atom stereocenters. The molecule has 0 bridgehead atoms. The number of piperidine rings is 1. The molecule has 0 saturated carbocycles. The second-order valence-electron chi connectivity index (χ2n) is 6.59. The average Bonchev–Trinajstić information content (AvgIpc) is 2.55. The number of amides is 1. The van der Waals surface area contributed by atoms with Gasteiger partial charge in [0.2, 0.25) is 15.9 Å². The predicted octanol–water partition coefficient (Wildman–Crippen LogP) is 2.72. The van der Waals surface area contributed by atoms with Crippen molar-refractivity contribution in [2.45, 2.75) is 44.4 Å². The van der Waals surface area contributed by atoms with Crippen molar-refractivity contribution in [1.29, 1.82) is 0 Å². The maximum Gasteiger partial charge on any atom is 0.243 e. The Kier molecular flexibility index (Phi) is 6.92. The van der Waals surface area contributed by atoms with E-state index in [4.69, 9.17) is 12.2 Å². The maximum absolute atomic E-state index is 12.6. The molecule has 0 aliphatic carbocycles. The van der Waals surface area contributed by atoms with Crippen LogP contribution in [0.1, 0.15) is 39.5 Å². The van der Waals surface area contributed by atoms with E-state index in [9.17, 15) is 13.2 Å². The summed E-state index contributed by atoms with van der Waals surface area (Å²) in [5.41, 5.74) is 0.632. The Labute approximate surface area is 155 Å². The molecule has 1 saturated heterocycles. The second-order valence-corrected chi connectivity index (χ2v) is 8.94. The predicted molar refractivity (Wildman–Crippen MR) is 103 cm³/mol. The highest BCUT2D eigenvalue weighted by Gasteiger charge is 2.25. The van der Waals surface area contributed by atoms with Gasteiger partial charge in [-0.15, -0.1) is 0 Å². The van der Waals surface area contributed by atoms with Crippen molar-refractivity contribution in [1.82, 2.24) is 9.62 Å². The number of carbonyl (C=O) groups excluding carboxylic acids is 1. The zero-order valence-corrected chi connectivity index (χ0v) is 16.3. The van der Waals surface area contributed by atoms with Crippen LogP contribution in [0.25, 0.3) is 0 Å². The third kappa shape index (κ3) is 5.76. The van der Waals surface area contributed by atoms with E-state index in [0.29, 0.717) is 25.2 Å². The first-order chi connectivity index (χ1) is 11.8.